The van der Waals surface area contributed by atoms with Crippen molar-refractivity contribution in [1.82, 2.24) is 4.98 Å². The summed E-state index contributed by atoms with van der Waals surface area (Å²) in [4.78, 5) is 16.9. The molecule has 0 aliphatic rings. The van der Waals surface area contributed by atoms with Crippen LogP contribution in [0.5, 0.6) is 0 Å². The normalized spacial score (nSPS) is 10.9. The quantitative estimate of drug-likeness (QED) is 0.485. The molecule has 1 aromatic heterocycles. The molecule has 0 atom stereocenters. The van der Waals surface area contributed by atoms with Crippen LogP contribution in [0.25, 0.3) is 22.6 Å². The molecule has 0 radical (unpaired) electrons. The summed E-state index contributed by atoms with van der Waals surface area (Å²) in [5.41, 5.74) is 3.96. The van der Waals surface area contributed by atoms with Gasteiger partial charge in [-0.15, -0.1) is 0 Å². The molecule has 0 saturated heterocycles. The van der Waals surface area contributed by atoms with E-state index in [0.29, 0.717) is 33.3 Å². The Labute approximate surface area is 159 Å². The smallest absolute Gasteiger partial charge is 0.255 e. The van der Waals surface area contributed by atoms with E-state index in [1.807, 2.05) is 25.1 Å². The van der Waals surface area contributed by atoms with Gasteiger partial charge in [-0.05, 0) is 67.1 Å². The number of oxazole rings is 1. The first-order valence-electron chi connectivity index (χ1n) is 8.23. The van der Waals surface area contributed by atoms with Crippen molar-refractivity contribution in [1.29, 1.82) is 0 Å². The maximum atomic E-state index is 13.0. The van der Waals surface area contributed by atoms with E-state index in [9.17, 15) is 9.18 Å². The molecule has 0 bridgehead atoms. The molecule has 4 aromatic rings. The third-order valence-corrected chi connectivity index (χ3v) is 4.44. The van der Waals surface area contributed by atoms with Crippen LogP contribution in [0.2, 0.25) is 5.02 Å². The van der Waals surface area contributed by atoms with Gasteiger partial charge in [0.25, 0.3) is 5.91 Å². The first-order chi connectivity index (χ1) is 13.0. The Hall–Kier alpha value is -3.18. The highest BCUT2D eigenvalue weighted by Crippen LogP contribution is 2.31. The van der Waals surface area contributed by atoms with Crippen molar-refractivity contribution >= 4 is 34.3 Å². The fourth-order valence-corrected chi connectivity index (χ4v) is 2.88. The van der Waals surface area contributed by atoms with Crippen molar-refractivity contribution < 1.29 is 13.6 Å². The number of rotatable bonds is 3. The Morgan fingerprint density at radius 3 is 2.63 bits per heavy atom. The number of hydrogen-bond donors (Lipinski definition) is 1. The average molecular weight is 381 g/mol. The number of anilines is 1. The van der Waals surface area contributed by atoms with Gasteiger partial charge in [0.15, 0.2) is 5.58 Å². The fraction of sp³-hybridized carbons (Fsp3) is 0.0476. The summed E-state index contributed by atoms with van der Waals surface area (Å²) >= 11 is 6.21. The number of aryl methyl sites for hydroxylation is 1. The Balaban J connectivity index is 1.66. The number of fused-ring (bicyclic) bond motifs is 1. The molecular weight excluding hydrogens is 367 g/mol. The van der Waals surface area contributed by atoms with Crippen LogP contribution in [0.4, 0.5) is 10.1 Å². The number of carbonyl (C=O) groups excluding carboxylic acids is 1. The van der Waals surface area contributed by atoms with E-state index in [-0.39, 0.29) is 5.91 Å². The Morgan fingerprint density at radius 1 is 1.07 bits per heavy atom. The third-order valence-electron chi connectivity index (χ3n) is 4.11. The molecule has 1 heterocycles. The second-order valence-electron chi connectivity index (χ2n) is 6.15. The van der Waals surface area contributed by atoms with Crippen LogP contribution in [-0.2, 0) is 0 Å². The SMILES string of the molecule is Cc1ccc2oc(-c3ccc(Cl)c(NC(=O)c4ccc(F)cc4)c3)nc2c1. The number of hydrogen-bond acceptors (Lipinski definition) is 3. The average Bonchev–Trinajstić information content (AvgIpc) is 3.07. The molecule has 0 aliphatic carbocycles. The highest BCUT2D eigenvalue weighted by molar-refractivity contribution is 6.34. The maximum Gasteiger partial charge on any atom is 0.255 e. The summed E-state index contributed by atoms with van der Waals surface area (Å²) in [5, 5.41) is 3.11. The minimum Gasteiger partial charge on any atom is -0.436 e. The van der Waals surface area contributed by atoms with Crippen LogP contribution in [0.1, 0.15) is 15.9 Å². The van der Waals surface area contributed by atoms with Crippen LogP contribution >= 0.6 is 11.6 Å². The summed E-state index contributed by atoms with van der Waals surface area (Å²) in [7, 11) is 0. The van der Waals surface area contributed by atoms with Gasteiger partial charge < -0.3 is 9.73 Å². The first-order valence-corrected chi connectivity index (χ1v) is 8.61. The number of aromatic nitrogens is 1. The van der Waals surface area contributed by atoms with E-state index in [4.69, 9.17) is 16.0 Å². The van der Waals surface area contributed by atoms with Crippen LogP contribution in [0, 0.1) is 12.7 Å². The van der Waals surface area contributed by atoms with Crippen LogP contribution in [0.3, 0.4) is 0 Å². The monoisotopic (exact) mass is 380 g/mol. The number of benzene rings is 3. The molecule has 0 fully saturated rings. The highest BCUT2D eigenvalue weighted by Gasteiger charge is 2.13. The second-order valence-corrected chi connectivity index (χ2v) is 6.55. The van der Waals surface area contributed by atoms with Crippen molar-refractivity contribution in [3.8, 4) is 11.5 Å². The molecule has 0 aliphatic heterocycles. The maximum absolute atomic E-state index is 13.0. The summed E-state index contributed by atoms with van der Waals surface area (Å²) in [6.07, 6.45) is 0. The first kappa shape index (κ1) is 17.2. The van der Waals surface area contributed by atoms with Gasteiger partial charge in [0.05, 0.1) is 10.7 Å². The fourth-order valence-electron chi connectivity index (χ4n) is 2.71. The number of halogens is 2. The lowest BCUT2D eigenvalue weighted by molar-refractivity contribution is 0.102. The Morgan fingerprint density at radius 2 is 1.85 bits per heavy atom. The van der Waals surface area contributed by atoms with E-state index in [1.54, 1.807) is 18.2 Å². The van der Waals surface area contributed by atoms with Crippen molar-refractivity contribution in [3.05, 3.63) is 82.6 Å². The molecule has 6 heteroatoms. The van der Waals surface area contributed by atoms with Crippen LogP contribution in [-0.4, -0.2) is 10.9 Å². The van der Waals surface area contributed by atoms with E-state index in [2.05, 4.69) is 10.3 Å². The van der Waals surface area contributed by atoms with E-state index < -0.39 is 5.82 Å². The van der Waals surface area contributed by atoms with Crippen molar-refractivity contribution in [2.24, 2.45) is 0 Å². The Bertz CT molecular complexity index is 1150. The molecule has 0 spiro atoms. The lowest BCUT2D eigenvalue weighted by atomic mass is 10.1. The zero-order valence-corrected chi connectivity index (χ0v) is 15.0. The second kappa shape index (κ2) is 6.85. The minimum absolute atomic E-state index is 0.329. The lowest BCUT2D eigenvalue weighted by Crippen LogP contribution is -2.12. The molecule has 3 aromatic carbocycles. The highest BCUT2D eigenvalue weighted by atomic mass is 35.5. The Kier molecular flexibility index (Phi) is 4.38. The third kappa shape index (κ3) is 3.55. The van der Waals surface area contributed by atoms with Crippen molar-refractivity contribution in [2.45, 2.75) is 6.92 Å². The zero-order chi connectivity index (χ0) is 19.0. The molecule has 1 amide bonds. The number of nitrogens with zero attached hydrogens (tertiary/aromatic N) is 1. The van der Waals surface area contributed by atoms with E-state index in [0.717, 1.165) is 11.1 Å². The van der Waals surface area contributed by atoms with Crippen LogP contribution in [0.15, 0.2) is 65.1 Å². The molecule has 134 valence electrons. The van der Waals surface area contributed by atoms with Gasteiger partial charge in [-0.3, -0.25) is 4.79 Å². The summed E-state index contributed by atoms with van der Waals surface area (Å²) < 4.78 is 18.8. The predicted molar refractivity (Wildman–Crippen MR) is 104 cm³/mol. The summed E-state index contributed by atoms with van der Waals surface area (Å²) in [6.45, 7) is 1.99. The molecular formula is C21H14ClFN2O2. The van der Waals surface area contributed by atoms with Gasteiger partial charge in [0.1, 0.15) is 11.3 Å². The van der Waals surface area contributed by atoms with Gasteiger partial charge in [-0.25, -0.2) is 9.37 Å². The molecule has 4 rings (SSSR count). The van der Waals surface area contributed by atoms with Gasteiger partial charge in [0, 0.05) is 11.1 Å². The van der Waals surface area contributed by atoms with Gasteiger partial charge in [-0.1, -0.05) is 17.7 Å². The standard InChI is InChI=1S/C21H14ClFN2O2/c1-12-2-9-19-18(10-12)25-21(27-19)14-5-8-16(22)17(11-14)24-20(26)13-3-6-15(23)7-4-13/h2-11H,1H3,(H,24,26). The van der Waals surface area contributed by atoms with E-state index >= 15 is 0 Å². The molecule has 27 heavy (non-hydrogen) atoms. The molecule has 1 N–H and O–H groups in total. The van der Waals surface area contributed by atoms with Crippen molar-refractivity contribution in [2.75, 3.05) is 5.32 Å². The molecule has 4 nitrogen and oxygen atoms in total. The molecule has 0 saturated carbocycles. The number of nitrogens with one attached hydrogen (secondary N) is 1. The number of carbonyl (C=O) groups is 1. The largest absolute Gasteiger partial charge is 0.436 e. The van der Waals surface area contributed by atoms with Crippen molar-refractivity contribution in [3.63, 3.8) is 0 Å². The van der Waals surface area contributed by atoms with Gasteiger partial charge in [0.2, 0.25) is 5.89 Å². The van der Waals surface area contributed by atoms with Gasteiger partial charge in [-0.2, -0.15) is 0 Å². The van der Waals surface area contributed by atoms with E-state index in [1.165, 1.54) is 24.3 Å². The molecule has 0 unspecified atom stereocenters. The topological polar surface area (TPSA) is 55.1 Å². The summed E-state index contributed by atoms with van der Waals surface area (Å²) in [6, 6.07) is 16.2. The predicted octanol–water partition coefficient (Wildman–Crippen LogP) is 5.85. The summed E-state index contributed by atoms with van der Waals surface area (Å²) in [5.74, 6) is -0.357. The number of amides is 1. The zero-order valence-electron chi connectivity index (χ0n) is 14.3. The van der Waals surface area contributed by atoms with Gasteiger partial charge >= 0.3 is 0 Å². The van der Waals surface area contributed by atoms with Crippen LogP contribution < -0.4 is 5.32 Å². The minimum atomic E-state index is -0.405. The lowest BCUT2D eigenvalue weighted by Gasteiger charge is -2.08.